The summed E-state index contributed by atoms with van der Waals surface area (Å²) in [6, 6.07) is 3.26. The maximum atomic E-state index is 11.5. The van der Waals surface area contributed by atoms with Crippen LogP contribution in [0.25, 0.3) is 0 Å². The Bertz CT molecular complexity index is 602. The van der Waals surface area contributed by atoms with Crippen LogP contribution in [0.4, 0.5) is 17.1 Å². The lowest BCUT2D eigenvalue weighted by Crippen LogP contribution is -2.38. The van der Waals surface area contributed by atoms with Gasteiger partial charge in [0.2, 0.25) is 5.91 Å². The zero-order valence-electron chi connectivity index (χ0n) is 11.7. The summed E-state index contributed by atoms with van der Waals surface area (Å²) in [5, 5.41) is 14.1. The molecule has 1 amide bonds. The van der Waals surface area contributed by atoms with Crippen LogP contribution in [-0.4, -0.2) is 30.5 Å². The smallest absolute Gasteiger partial charge is 0.292 e. The molecule has 21 heavy (non-hydrogen) atoms. The van der Waals surface area contributed by atoms with Crippen LogP contribution in [0.3, 0.4) is 0 Å². The average Bonchev–Trinajstić information content (AvgIpc) is 2.85. The van der Waals surface area contributed by atoms with Crippen LogP contribution < -0.4 is 16.0 Å². The SMILES string of the molecule is NCC1CCCN(c2cc3c(cc2[N+](=O)[O-])CC(=O)N3)C1. The molecule has 1 aromatic carbocycles. The zero-order valence-corrected chi connectivity index (χ0v) is 11.7. The van der Waals surface area contributed by atoms with Gasteiger partial charge in [0.05, 0.1) is 11.3 Å². The number of nitrogens with one attached hydrogen (secondary N) is 1. The van der Waals surface area contributed by atoms with Crippen LogP contribution in [0, 0.1) is 16.0 Å². The van der Waals surface area contributed by atoms with Gasteiger partial charge in [0.1, 0.15) is 5.69 Å². The molecule has 1 unspecified atom stereocenters. The summed E-state index contributed by atoms with van der Waals surface area (Å²) in [4.78, 5) is 24.4. The summed E-state index contributed by atoms with van der Waals surface area (Å²) in [7, 11) is 0. The van der Waals surface area contributed by atoms with Gasteiger partial charge in [-0.25, -0.2) is 0 Å². The van der Waals surface area contributed by atoms with Gasteiger partial charge in [-0.2, -0.15) is 0 Å². The van der Waals surface area contributed by atoms with Gasteiger partial charge >= 0.3 is 0 Å². The fraction of sp³-hybridized carbons (Fsp3) is 0.500. The number of nitro benzene ring substituents is 1. The molecular weight excluding hydrogens is 272 g/mol. The summed E-state index contributed by atoms with van der Waals surface area (Å²) < 4.78 is 0. The molecule has 0 saturated carbocycles. The van der Waals surface area contributed by atoms with Crippen molar-refractivity contribution in [3.63, 3.8) is 0 Å². The van der Waals surface area contributed by atoms with E-state index in [1.165, 1.54) is 6.07 Å². The molecule has 1 fully saturated rings. The molecule has 1 atom stereocenters. The number of nitrogens with zero attached hydrogens (tertiary/aromatic N) is 2. The second-order valence-corrected chi connectivity index (χ2v) is 5.67. The van der Waals surface area contributed by atoms with Crippen LogP contribution in [-0.2, 0) is 11.2 Å². The molecule has 0 radical (unpaired) electrons. The molecule has 0 bridgehead atoms. The number of amides is 1. The predicted molar refractivity (Wildman–Crippen MR) is 79.4 cm³/mol. The molecule has 0 aromatic heterocycles. The summed E-state index contributed by atoms with van der Waals surface area (Å²) in [6.07, 6.45) is 2.24. The van der Waals surface area contributed by atoms with Crippen LogP contribution in [0.5, 0.6) is 0 Å². The second-order valence-electron chi connectivity index (χ2n) is 5.67. The number of hydrogen-bond acceptors (Lipinski definition) is 5. The van der Waals surface area contributed by atoms with Crippen LogP contribution in [0.15, 0.2) is 12.1 Å². The largest absolute Gasteiger partial charge is 0.366 e. The van der Waals surface area contributed by atoms with E-state index in [2.05, 4.69) is 5.32 Å². The Morgan fingerprint density at radius 3 is 3.00 bits per heavy atom. The lowest BCUT2D eigenvalue weighted by Gasteiger charge is -2.33. The number of carbonyl (C=O) groups is 1. The predicted octanol–water partition coefficient (Wildman–Crippen LogP) is 1.26. The molecule has 0 aliphatic carbocycles. The van der Waals surface area contributed by atoms with Crippen molar-refractivity contribution in [1.82, 2.24) is 0 Å². The van der Waals surface area contributed by atoms with Crippen molar-refractivity contribution in [3.05, 3.63) is 27.8 Å². The quantitative estimate of drug-likeness (QED) is 0.644. The Kier molecular flexibility index (Phi) is 3.50. The molecule has 2 aliphatic heterocycles. The van der Waals surface area contributed by atoms with E-state index in [4.69, 9.17) is 5.73 Å². The highest BCUT2D eigenvalue weighted by molar-refractivity contribution is 6.00. The van der Waals surface area contributed by atoms with Crippen molar-refractivity contribution in [2.24, 2.45) is 11.7 Å². The Balaban J connectivity index is 1.99. The summed E-state index contributed by atoms with van der Waals surface area (Å²) in [5.74, 6) is 0.246. The highest BCUT2D eigenvalue weighted by Gasteiger charge is 2.29. The molecule has 3 N–H and O–H groups in total. The fourth-order valence-corrected chi connectivity index (χ4v) is 3.13. The molecule has 1 aromatic rings. The third-order valence-corrected chi connectivity index (χ3v) is 4.22. The Morgan fingerprint density at radius 1 is 1.48 bits per heavy atom. The summed E-state index contributed by atoms with van der Waals surface area (Å²) >= 11 is 0. The summed E-state index contributed by atoms with van der Waals surface area (Å²) in [5.41, 5.74) is 7.77. The molecule has 1 saturated heterocycles. The van der Waals surface area contributed by atoms with Gasteiger partial charge in [-0.05, 0) is 36.9 Å². The van der Waals surface area contributed by atoms with Crippen molar-refractivity contribution >= 4 is 23.0 Å². The monoisotopic (exact) mass is 290 g/mol. The molecule has 2 aliphatic rings. The highest BCUT2D eigenvalue weighted by atomic mass is 16.6. The third-order valence-electron chi connectivity index (χ3n) is 4.22. The average molecular weight is 290 g/mol. The minimum Gasteiger partial charge on any atom is -0.366 e. The molecule has 7 nitrogen and oxygen atoms in total. The van der Waals surface area contributed by atoms with Crippen molar-refractivity contribution in [2.75, 3.05) is 29.9 Å². The van der Waals surface area contributed by atoms with E-state index in [0.717, 1.165) is 25.9 Å². The van der Waals surface area contributed by atoms with Gasteiger partial charge < -0.3 is 16.0 Å². The number of nitrogens with two attached hydrogens (primary N) is 1. The van der Waals surface area contributed by atoms with Crippen molar-refractivity contribution in [3.8, 4) is 0 Å². The highest BCUT2D eigenvalue weighted by Crippen LogP contribution is 2.38. The minimum absolute atomic E-state index is 0.0721. The Labute approximate surface area is 122 Å². The first-order valence-electron chi connectivity index (χ1n) is 7.14. The van der Waals surface area contributed by atoms with E-state index in [1.807, 2.05) is 4.90 Å². The van der Waals surface area contributed by atoms with Gasteiger partial charge in [0.25, 0.3) is 5.69 Å². The first-order chi connectivity index (χ1) is 10.1. The van der Waals surface area contributed by atoms with Gasteiger partial charge in [-0.15, -0.1) is 0 Å². The maximum absolute atomic E-state index is 11.5. The lowest BCUT2D eigenvalue weighted by molar-refractivity contribution is -0.384. The van der Waals surface area contributed by atoms with Gasteiger partial charge in [0, 0.05) is 24.8 Å². The fourth-order valence-electron chi connectivity index (χ4n) is 3.13. The molecular formula is C14H18N4O3. The van der Waals surface area contributed by atoms with E-state index in [-0.39, 0.29) is 22.9 Å². The summed E-state index contributed by atoms with van der Waals surface area (Å²) in [6.45, 7) is 2.10. The van der Waals surface area contributed by atoms with Gasteiger partial charge in [-0.1, -0.05) is 0 Å². The lowest BCUT2D eigenvalue weighted by atomic mass is 9.97. The van der Waals surface area contributed by atoms with E-state index in [0.29, 0.717) is 29.4 Å². The number of hydrogen-bond donors (Lipinski definition) is 2. The first-order valence-corrected chi connectivity index (χ1v) is 7.14. The van der Waals surface area contributed by atoms with E-state index < -0.39 is 0 Å². The number of nitro groups is 1. The topological polar surface area (TPSA) is 102 Å². The standard InChI is InChI=1S/C14H18N4O3/c15-7-9-2-1-3-17(8-9)12-6-11-10(5-14(19)16-11)4-13(12)18(20)21/h4,6,9H,1-3,5,7-8,15H2,(H,16,19). The maximum Gasteiger partial charge on any atom is 0.292 e. The van der Waals surface area contributed by atoms with Crippen molar-refractivity contribution in [2.45, 2.75) is 19.3 Å². The van der Waals surface area contributed by atoms with E-state index in [9.17, 15) is 14.9 Å². The molecule has 2 heterocycles. The van der Waals surface area contributed by atoms with Crippen LogP contribution >= 0.6 is 0 Å². The second kappa shape index (κ2) is 5.33. The third kappa shape index (κ3) is 2.56. The van der Waals surface area contributed by atoms with Crippen molar-refractivity contribution < 1.29 is 9.72 Å². The molecule has 112 valence electrons. The van der Waals surface area contributed by atoms with Gasteiger partial charge in [-0.3, -0.25) is 14.9 Å². The van der Waals surface area contributed by atoms with Crippen molar-refractivity contribution in [1.29, 1.82) is 0 Å². The first kappa shape index (κ1) is 13.8. The molecule has 0 spiro atoms. The number of fused-ring (bicyclic) bond motifs is 1. The minimum atomic E-state index is -0.371. The van der Waals surface area contributed by atoms with Crippen LogP contribution in [0.1, 0.15) is 18.4 Å². The number of piperidine rings is 1. The number of benzene rings is 1. The Morgan fingerprint density at radius 2 is 2.29 bits per heavy atom. The van der Waals surface area contributed by atoms with Gasteiger partial charge in [0.15, 0.2) is 0 Å². The van der Waals surface area contributed by atoms with E-state index in [1.54, 1.807) is 6.07 Å². The molecule has 3 rings (SSSR count). The number of carbonyl (C=O) groups excluding carboxylic acids is 1. The van der Waals surface area contributed by atoms with E-state index >= 15 is 0 Å². The molecule has 7 heteroatoms. The number of rotatable bonds is 3. The number of anilines is 2. The normalized spacial score (nSPS) is 21.1. The zero-order chi connectivity index (χ0) is 15.0. The Hall–Kier alpha value is -2.15. The van der Waals surface area contributed by atoms with Crippen LogP contribution in [0.2, 0.25) is 0 Å².